The minimum absolute atomic E-state index is 0.607. The maximum atomic E-state index is 5.19. The maximum Gasteiger partial charge on any atom is 0.119 e. The van der Waals surface area contributed by atoms with Gasteiger partial charge in [-0.2, -0.15) is 0 Å². The number of anilines is 1. The number of rotatable bonds is 4. The average Bonchev–Trinajstić information content (AvgIpc) is 2.72. The quantitative estimate of drug-likeness (QED) is 0.863. The Balaban J connectivity index is 2.07. The molecule has 1 aromatic carbocycles. The van der Waals surface area contributed by atoms with Gasteiger partial charge in [0, 0.05) is 18.3 Å². The highest BCUT2D eigenvalue weighted by molar-refractivity contribution is 5.50. The Labute approximate surface area is 104 Å². The molecule has 0 radical (unpaired) electrons. The van der Waals surface area contributed by atoms with Gasteiger partial charge < -0.3 is 15.0 Å². The molecule has 0 aliphatic carbocycles. The Bertz CT molecular complexity index is 350. The van der Waals surface area contributed by atoms with Crippen LogP contribution in [0.5, 0.6) is 5.75 Å². The average molecular weight is 234 g/mol. The molecule has 0 bridgehead atoms. The van der Waals surface area contributed by atoms with Gasteiger partial charge in [0.25, 0.3) is 0 Å². The molecular weight excluding hydrogens is 212 g/mol. The van der Waals surface area contributed by atoms with Crippen LogP contribution in [-0.2, 0) is 0 Å². The summed E-state index contributed by atoms with van der Waals surface area (Å²) in [6.07, 6.45) is 1.27. The molecule has 0 amide bonds. The monoisotopic (exact) mass is 234 g/mol. The molecule has 17 heavy (non-hydrogen) atoms. The Kier molecular flexibility index (Phi) is 3.89. The van der Waals surface area contributed by atoms with Crippen molar-refractivity contribution in [3.63, 3.8) is 0 Å². The number of nitrogens with one attached hydrogen (secondary N) is 1. The van der Waals surface area contributed by atoms with E-state index in [1.165, 1.54) is 12.1 Å². The topological polar surface area (TPSA) is 24.5 Å². The standard InChI is InChI=1S/C14H22N2O/c1-11-12(10-15-2)8-9-16(11)13-4-6-14(17-3)7-5-13/h4-7,11-12,15H,8-10H2,1-3H3. The summed E-state index contributed by atoms with van der Waals surface area (Å²) >= 11 is 0. The Hall–Kier alpha value is -1.22. The second-order valence-corrected chi connectivity index (χ2v) is 4.74. The molecule has 1 aliphatic rings. The first kappa shape index (κ1) is 12.2. The number of benzene rings is 1. The zero-order chi connectivity index (χ0) is 12.3. The summed E-state index contributed by atoms with van der Waals surface area (Å²) in [7, 11) is 3.74. The van der Waals surface area contributed by atoms with Crippen LogP contribution >= 0.6 is 0 Å². The van der Waals surface area contributed by atoms with Crippen LogP contribution in [-0.4, -0.2) is 33.3 Å². The molecule has 1 fully saturated rings. The van der Waals surface area contributed by atoms with Crippen LogP contribution in [0.1, 0.15) is 13.3 Å². The number of methoxy groups -OCH3 is 1. The van der Waals surface area contributed by atoms with Gasteiger partial charge in [0.1, 0.15) is 5.75 Å². The lowest BCUT2D eigenvalue weighted by atomic mass is 10.0. The van der Waals surface area contributed by atoms with Crippen molar-refractivity contribution >= 4 is 5.69 Å². The lowest BCUT2D eigenvalue weighted by Gasteiger charge is -2.26. The third-order valence-electron chi connectivity index (χ3n) is 3.79. The van der Waals surface area contributed by atoms with Crippen LogP contribution in [0.25, 0.3) is 0 Å². The molecule has 3 nitrogen and oxygen atoms in total. The fraction of sp³-hybridized carbons (Fsp3) is 0.571. The van der Waals surface area contributed by atoms with Gasteiger partial charge in [0.05, 0.1) is 7.11 Å². The second-order valence-electron chi connectivity index (χ2n) is 4.74. The van der Waals surface area contributed by atoms with Crippen molar-refractivity contribution in [3.8, 4) is 5.75 Å². The van der Waals surface area contributed by atoms with E-state index in [-0.39, 0.29) is 0 Å². The lowest BCUT2D eigenvalue weighted by molar-refractivity contribution is 0.414. The van der Waals surface area contributed by atoms with Gasteiger partial charge >= 0.3 is 0 Å². The molecule has 1 aromatic rings. The highest BCUT2D eigenvalue weighted by atomic mass is 16.5. The van der Waals surface area contributed by atoms with Crippen LogP contribution < -0.4 is 15.0 Å². The molecule has 0 spiro atoms. The molecule has 2 atom stereocenters. The highest BCUT2D eigenvalue weighted by Gasteiger charge is 2.29. The van der Waals surface area contributed by atoms with Gasteiger partial charge in [-0.15, -0.1) is 0 Å². The van der Waals surface area contributed by atoms with E-state index in [4.69, 9.17) is 4.74 Å². The van der Waals surface area contributed by atoms with Crippen LogP contribution in [0.2, 0.25) is 0 Å². The van der Waals surface area contributed by atoms with Crippen LogP contribution in [0.15, 0.2) is 24.3 Å². The molecule has 2 unspecified atom stereocenters. The van der Waals surface area contributed by atoms with Gasteiger partial charge in [-0.3, -0.25) is 0 Å². The van der Waals surface area contributed by atoms with Crippen LogP contribution in [0.4, 0.5) is 5.69 Å². The number of ether oxygens (including phenoxy) is 1. The first-order valence-corrected chi connectivity index (χ1v) is 6.31. The van der Waals surface area contributed by atoms with E-state index >= 15 is 0 Å². The SMILES string of the molecule is CNCC1CCN(c2ccc(OC)cc2)C1C. The number of nitrogens with zero attached hydrogens (tertiary/aromatic N) is 1. The number of hydrogen-bond donors (Lipinski definition) is 1. The first-order chi connectivity index (χ1) is 8.26. The van der Waals surface area contributed by atoms with Crippen molar-refractivity contribution in [1.82, 2.24) is 5.32 Å². The van der Waals surface area contributed by atoms with E-state index in [0.717, 1.165) is 24.8 Å². The zero-order valence-corrected chi connectivity index (χ0v) is 10.9. The van der Waals surface area contributed by atoms with Crippen molar-refractivity contribution in [2.24, 2.45) is 5.92 Å². The Morgan fingerprint density at radius 2 is 2.06 bits per heavy atom. The summed E-state index contributed by atoms with van der Waals surface area (Å²) < 4.78 is 5.19. The fourth-order valence-corrected chi connectivity index (χ4v) is 2.68. The van der Waals surface area contributed by atoms with Gasteiger partial charge in [0.2, 0.25) is 0 Å². The van der Waals surface area contributed by atoms with Gasteiger partial charge in [-0.05, 0) is 57.1 Å². The molecule has 1 N–H and O–H groups in total. The normalized spacial score (nSPS) is 24.1. The van der Waals surface area contributed by atoms with Gasteiger partial charge in [-0.25, -0.2) is 0 Å². The molecule has 0 aromatic heterocycles. The van der Waals surface area contributed by atoms with Crippen molar-refractivity contribution < 1.29 is 4.74 Å². The smallest absolute Gasteiger partial charge is 0.119 e. The first-order valence-electron chi connectivity index (χ1n) is 6.31. The second kappa shape index (κ2) is 5.41. The summed E-state index contributed by atoms with van der Waals surface area (Å²) in [6.45, 7) is 4.58. The molecule has 1 saturated heterocycles. The van der Waals surface area contributed by atoms with E-state index in [2.05, 4.69) is 29.3 Å². The molecule has 0 saturated carbocycles. The fourth-order valence-electron chi connectivity index (χ4n) is 2.68. The summed E-state index contributed by atoms with van der Waals surface area (Å²) in [5, 5.41) is 3.28. The van der Waals surface area contributed by atoms with E-state index < -0.39 is 0 Å². The highest BCUT2D eigenvalue weighted by Crippen LogP contribution is 2.30. The van der Waals surface area contributed by atoms with Crippen LogP contribution in [0.3, 0.4) is 0 Å². The van der Waals surface area contributed by atoms with Crippen molar-refractivity contribution in [3.05, 3.63) is 24.3 Å². The summed E-state index contributed by atoms with van der Waals surface area (Å²) in [5.41, 5.74) is 1.30. The maximum absolute atomic E-state index is 5.19. The van der Waals surface area contributed by atoms with E-state index in [9.17, 15) is 0 Å². The molecule has 1 heterocycles. The van der Waals surface area contributed by atoms with E-state index in [1.54, 1.807) is 7.11 Å². The predicted molar refractivity (Wildman–Crippen MR) is 71.8 cm³/mol. The summed E-state index contributed by atoms with van der Waals surface area (Å²) in [6, 6.07) is 8.98. The van der Waals surface area contributed by atoms with Gasteiger partial charge in [0.15, 0.2) is 0 Å². The Morgan fingerprint density at radius 3 is 2.65 bits per heavy atom. The summed E-state index contributed by atoms with van der Waals surface area (Å²) in [4.78, 5) is 2.49. The molecule has 1 aliphatic heterocycles. The van der Waals surface area contributed by atoms with E-state index in [1.807, 2.05) is 19.2 Å². The minimum atomic E-state index is 0.607. The summed E-state index contributed by atoms with van der Waals surface area (Å²) in [5.74, 6) is 1.68. The molecule has 2 rings (SSSR count). The molecule has 3 heteroatoms. The van der Waals surface area contributed by atoms with Gasteiger partial charge in [-0.1, -0.05) is 0 Å². The lowest BCUT2D eigenvalue weighted by Crippen LogP contribution is -2.33. The zero-order valence-electron chi connectivity index (χ0n) is 10.9. The van der Waals surface area contributed by atoms with Crippen molar-refractivity contribution in [2.45, 2.75) is 19.4 Å². The van der Waals surface area contributed by atoms with Crippen molar-refractivity contribution in [2.75, 3.05) is 32.1 Å². The Morgan fingerprint density at radius 1 is 1.35 bits per heavy atom. The molecular formula is C14H22N2O. The van der Waals surface area contributed by atoms with E-state index in [0.29, 0.717) is 6.04 Å². The van der Waals surface area contributed by atoms with Crippen LogP contribution in [0, 0.1) is 5.92 Å². The minimum Gasteiger partial charge on any atom is -0.497 e. The van der Waals surface area contributed by atoms with Crippen molar-refractivity contribution in [1.29, 1.82) is 0 Å². The predicted octanol–water partition coefficient (Wildman–Crippen LogP) is 2.13. The third-order valence-corrected chi connectivity index (χ3v) is 3.79. The third kappa shape index (κ3) is 2.55. The largest absolute Gasteiger partial charge is 0.497 e. The molecule has 94 valence electrons. The number of hydrogen-bond acceptors (Lipinski definition) is 3.